The van der Waals surface area contributed by atoms with E-state index in [9.17, 15) is 14.0 Å². The number of likely N-dealkylation sites (N-methyl/N-ethyl adjacent to an activating group) is 1. The zero-order valence-electron chi connectivity index (χ0n) is 16.3. The predicted octanol–water partition coefficient (Wildman–Crippen LogP) is 1.69. The number of hydrogen-bond acceptors (Lipinski definition) is 7. The molecule has 0 aliphatic carbocycles. The molecule has 0 bridgehead atoms. The molecule has 8 nitrogen and oxygen atoms in total. The average Bonchev–Trinajstić information content (AvgIpc) is 2.70. The number of anilines is 1. The zero-order valence-corrected chi connectivity index (χ0v) is 17.9. The van der Waals surface area contributed by atoms with E-state index in [0.29, 0.717) is 11.3 Å². The van der Waals surface area contributed by atoms with Crippen LogP contribution in [-0.4, -0.2) is 54.6 Å². The first-order chi connectivity index (χ1) is 13.8. The lowest BCUT2D eigenvalue weighted by molar-refractivity contribution is -0.124. The van der Waals surface area contributed by atoms with Crippen LogP contribution < -0.4 is 21.1 Å². The lowest BCUT2D eigenvalue weighted by atomic mass is 10.1. The van der Waals surface area contributed by atoms with Crippen LogP contribution in [0.3, 0.4) is 0 Å². The molecule has 1 aliphatic heterocycles. The molecular weight excluding hydrogens is 419 g/mol. The van der Waals surface area contributed by atoms with Gasteiger partial charge in [-0.3, -0.25) is 14.6 Å². The van der Waals surface area contributed by atoms with Gasteiger partial charge in [-0.2, -0.15) is 0 Å². The number of benzene rings is 1. The molecule has 158 valence electrons. The van der Waals surface area contributed by atoms with Gasteiger partial charge in [-0.25, -0.2) is 13.4 Å². The van der Waals surface area contributed by atoms with Gasteiger partial charge in [-0.15, -0.1) is 0 Å². The van der Waals surface area contributed by atoms with Crippen LogP contribution >= 0.6 is 23.7 Å². The van der Waals surface area contributed by atoms with Gasteiger partial charge in [-0.1, -0.05) is 11.6 Å². The summed E-state index contributed by atoms with van der Waals surface area (Å²) in [6, 6.07) is 2.78. The summed E-state index contributed by atoms with van der Waals surface area (Å²) in [5.41, 5.74) is 7.40. The number of hydrogen-bond donors (Lipinski definition) is 4. The van der Waals surface area contributed by atoms with Crippen LogP contribution in [0.2, 0.25) is 5.02 Å². The first-order valence-corrected chi connectivity index (χ1v) is 9.95. The van der Waals surface area contributed by atoms with Crippen LogP contribution in [0.1, 0.15) is 13.3 Å². The van der Waals surface area contributed by atoms with Crippen molar-refractivity contribution >= 4 is 46.9 Å². The summed E-state index contributed by atoms with van der Waals surface area (Å²) < 4.78 is 18.0. The van der Waals surface area contributed by atoms with Crippen molar-refractivity contribution in [3.05, 3.63) is 40.8 Å². The Morgan fingerprint density at radius 2 is 2.21 bits per heavy atom. The Hall–Kier alpha value is -2.14. The summed E-state index contributed by atoms with van der Waals surface area (Å²) in [6.07, 6.45) is 1.65. The second-order valence-electron chi connectivity index (χ2n) is 6.40. The molecule has 1 aromatic rings. The highest BCUT2D eigenvalue weighted by atomic mass is 35.5. The molecule has 2 atom stereocenters. The van der Waals surface area contributed by atoms with E-state index in [2.05, 4.69) is 20.3 Å². The SMILES string of the molecule is CN=C(C)/C(=C\N)CNC(=O)C1CC(C(=O)Nc2ccc(F)c(Cl)c2)N(C)SN1. The topological polar surface area (TPSA) is 112 Å². The quantitative estimate of drug-likeness (QED) is 0.394. The van der Waals surface area contributed by atoms with Crippen molar-refractivity contribution in [2.24, 2.45) is 10.7 Å². The second kappa shape index (κ2) is 10.6. The molecule has 0 saturated carbocycles. The maximum absolute atomic E-state index is 13.3. The predicted molar refractivity (Wildman–Crippen MR) is 115 cm³/mol. The van der Waals surface area contributed by atoms with Crippen molar-refractivity contribution in [1.82, 2.24) is 14.3 Å². The molecule has 1 aliphatic rings. The molecule has 5 N–H and O–H groups in total. The highest BCUT2D eigenvalue weighted by molar-refractivity contribution is 7.95. The van der Waals surface area contributed by atoms with Crippen LogP contribution in [-0.2, 0) is 9.59 Å². The Balaban J connectivity index is 1.99. The van der Waals surface area contributed by atoms with Crippen molar-refractivity contribution in [3.8, 4) is 0 Å². The fourth-order valence-corrected chi connectivity index (χ4v) is 3.61. The molecule has 2 unspecified atom stereocenters. The smallest absolute Gasteiger partial charge is 0.242 e. The summed E-state index contributed by atoms with van der Waals surface area (Å²) >= 11 is 6.93. The van der Waals surface area contributed by atoms with Crippen molar-refractivity contribution in [2.75, 3.05) is 26.0 Å². The van der Waals surface area contributed by atoms with Gasteiger partial charge in [0, 0.05) is 48.9 Å². The van der Waals surface area contributed by atoms with Crippen molar-refractivity contribution in [2.45, 2.75) is 25.4 Å². The minimum atomic E-state index is -0.582. The van der Waals surface area contributed by atoms with Crippen LogP contribution in [0.4, 0.5) is 10.1 Å². The molecular formula is C18H24ClFN6O2S. The van der Waals surface area contributed by atoms with Gasteiger partial charge in [0.25, 0.3) is 0 Å². The summed E-state index contributed by atoms with van der Waals surface area (Å²) in [7, 11) is 3.39. The Kier molecular flexibility index (Phi) is 8.45. The maximum atomic E-state index is 13.3. The van der Waals surface area contributed by atoms with E-state index >= 15 is 0 Å². The first-order valence-electron chi connectivity index (χ1n) is 8.80. The normalized spacial score (nSPS) is 21.0. The van der Waals surface area contributed by atoms with Crippen molar-refractivity contribution in [3.63, 3.8) is 0 Å². The van der Waals surface area contributed by atoms with E-state index < -0.39 is 17.9 Å². The molecule has 2 amide bonds. The molecule has 2 rings (SSSR count). The summed E-state index contributed by atoms with van der Waals surface area (Å²) in [5, 5.41) is 5.43. The highest BCUT2D eigenvalue weighted by Gasteiger charge is 2.35. The van der Waals surface area contributed by atoms with Gasteiger partial charge < -0.3 is 16.4 Å². The lowest BCUT2D eigenvalue weighted by Gasteiger charge is -2.34. The standard InChI is InChI=1S/C18H24ClFN6O2S/c1-10(22-2)11(8-21)9-23-17(27)15-7-16(26(3)29-25-15)18(28)24-12-4-5-14(20)13(19)6-12/h4-6,8,15-16,25H,7,9,21H2,1-3H3,(H,23,27)(H,24,28)/b11-8-,22-10?. The Labute approximate surface area is 178 Å². The molecule has 1 fully saturated rings. The molecule has 11 heteroatoms. The van der Waals surface area contributed by atoms with Crippen LogP contribution in [0, 0.1) is 5.82 Å². The third-order valence-corrected chi connectivity index (χ3v) is 5.72. The Morgan fingerprint density at radius 1 is 1.48 bits per heavy atom. The van der Waals surface area contributed by atoms with E-state index in [1.165, 1.54) is 36.5 Å². The molecule has 1 aromatic carbocycles. The lowest BCUT2D eigenvalue weighted by Crippen LogP contribution is -2.54. The summed E-state index contributed by atoms with van der Waals surface area (Å²) in [6.45, 7) is 2.04. The molecule has 0 aromatic heterocycles. The van der Waals surface area contributed by atoms with E-state index in [0.717, 1.165) is 5.71 Å². The number of amides is 2. The first kappa shape index (κ1) is 23.1. The maximum Gasteiger partial charge on any atom is 0.242 e. The largest absolute Gasteiger partial charge is 0.404 e. The minimum absolute atomic E-state index is 0.0808. The number of carbonyl (C=O) groups excluding carboxylic acids is 2. The Bertz CT molecular complexity index is 835. The monoisotopic (exact) mass is 442 g/mol. The summed E-state index contributed by atoms with van der Waals surface area (Å²) in [4.78, 5) is 29.3. The van der Waals surface area contributed by atoms with Gasteiger partial charge in [0.05, 0.1) is 11.1 Å². The number of nitrogens with one attached hydrogen (secondary N) is 3. The molecule has 0 radical (unpaired) electrons. The third-order valence-electron chi connectivity index (χ3n) is 4.50. The number of halogens is 2. The average molecular weight is 443 g/mol. The number of nitrogens with two attached hydrogens (primary N) is 1. The number of rotatable bonds is 6. The van der Waals surface area contributed by atoms with E-state index in [4.69, 9.17) is 17.3 Å². The van der Waals surface area contributed by atoms with E-state index in [-0.39, 0.29) is 29.8 Å². The van der Waals surface area contributed by atoms with Crippen molar-refractivity contribution in [1.29, 1.82) is 0 Å². The van der Waals surface area contributed by atoms with Gasteiger partial charge in [0.1, 0.15) is 11.9 Å². The minimum Gasteiger partial charge on any atom is -0.404 e. The summed E-state index contributed by atoms with van der Waals surface area (Å²) in [5.74, 6) is -1.14. The highest BCUT2D eigenvalue weighted by Crippen LogP contribution is 2.24. The third kappa shape index (κ3) is 6.17. The molecule has 29 heavy (non-hydrogen) atoms. The molecule has 1 saturated heterocycles. The van der Waals surface area contributed by atoms with Gasteiger partial charge in [0.2, 0.25) is 11.8 Å². The van der Waals surface area contributed by atoms with Crippen molar-refractivity contribution < 1.29 is 14.0 Å². The zero-order chi connectivity index (χ0) is 21.6. The Morgan fingerprint density at radius 3 is 2.83 bits per heavy atom. The molecule has 0 spiro atoms. The van der Waals surface area contributed by atoms with Crippen LogP contribution in [0.15, 0.2) is 35.0 Å². The number of carbonyl (C=O) groups is 2. The number of aliphatic imine (C=N–C) groups is 1. The second-order valence-corrected chi connectivity index (χ2v) is 7.80. The fraction of sp³-hybridized carbons (Fsp3) is 0.389. The van der Waals surface area contributed by atoms with Gasteiger partial charge in [-0.05, 0) is 38.6 Å². The van der Waals surface area contributed by atoms with Crippen LogP contribution in [0.25, 0.3) is 0 Å². The van der Waals surface area contributed by atoms with E-state index in [1.807, 2.05) is 0 Å². The van der Waals surface area contributed by atoms with Gasteiger partial charge in [0.15, 0.2) is 0 Å². The van der Waals surface area contributed by atoms with Gasteiger partial charge >= 0.3 is 0 Å². The number of nitrogens with zero attached hydrogens (tertiary/aromatic N) is 2. The fourth-order valence-electron chi connectivity index (χ4n) is 2.62. The molecule has 1 heterocycles. The van der Waals surface area contributed by atoms with Crippen LogP contribution in [0.5, 0.6) is 0 Å². The van der Waals surface area contributed by atoms with E-state index in [1.54, 1.807) is 25.3 Å².